The molecule has 1 heterocycles. The second-order valence-electron chi connectivity index (χ2n) is 6.14. The monoisotopic (exact) mass is 381 g/mol. The maximum atomic E-state index is 13.5. The van der Waals surface area contributed by atoms with Crippen molar-refractivity contribution in [1.82, 2.24) is 15.5 Å². The molecule has 0 saturated carbocycles. The molecule has 4 aromatic rings. The third kappa shape index (κ3) is 3.05. The van der Waals surface area contributed by atoms with Crippen LogP contribution in [0.4, 0.5) is 0 Å². The second-order valence-corrected chi connectivity index (χ2v) is 7.99. The fourth-order valence-corrected chi connectivity index (χ4v) is 4.72. The summed E-state index contributed by atoms with van der Waals surface area (Å²) in [6.07, 6.45) is 0. The maximum absolute atomic E-state index is 13.5. The van der Waals surface area contributed by atoms with Gasteiger partial charge in [0, 0.05) is 11.9 Å². The molecular formula is C20H19N3O3S. The van der Waals surface area contributed by atoms with E-state index in [4.69, 9.17) is 4.74 Å². The zero-order chi connectivity index (χ0) is 18.9. The number of fused-ring (bicyclic) bond motifs is 2. The van der Waals surface area contributed by atoms with E-state index in [1.807, 2.05) is 37.4 Å². The minimum absolute atomic E-state index is 0.0499. The molecule has 7 heteroatoms. The van der Waals surface area contributed by atoms with Gasteiger partial charge in [-0.3, -0.25) is 5.10 Å². The molecule has 2 N–H and O–H groups in total. The smallest absolute Gasteiger partial charge is 0.224 e. The lowest BCUT2D eigenvalue weighted by Crippen LogP contribution is -2.16. The Kier molecular flexibility index (Phi) is 4.55. The third-order valence-corrected chi connectivity index (χ3v) is 6.19. The summed E-state index contributed by atoms with van der Waals surface area (Å²) in [4.78, 5) is 0.246. The van der Waals surface area contributed by atoms with Gasteiger partial charge < -0.3 is 10.1 Å². The van der Waals surface area contributed by atoms with Crippen LogP contribution in [0.15, 0.2) is 70.6 Å². The summed E-state index contributed by atoms with van der Waals surface area (Å²) >= 11 is 0. The Labute approximate surface area is 157 Å². The summed E-state index contributed by atoms with van der Waals surface area (Å²) in [5, 5.41) is 12.0. The van der Waals surface area contributed by atoms with Crippen LogP contribution in [0.2, 0.25) is 0 Å². The van der Waals surface area contributed by atoms with Crippen molar-refractivity contribution in [3.05, 3.63) is 60.7 Å². The highest BCUT2D eigenvalue weighted by Gasteiger charge is 2.26. The number of benzene rings is 3. The number of hydrogen-bond donors (Lipinski definition) is 2. The predicted molar refractivity (Wildman–Crippen MR) is 105 cm³/mol. The first-order valence-electron chi connectivity index (χ1n) is 8.60. The van der Waals surface area contributed by atoms with Crippen molar-refractivity contribution in [2.24, 2.45) is 0 Å². The normalized spacial score (nSPS) is 11.9. The molecule has 4 rings (SSSR count). The number of ether oxygens (including phenoxy) is 1. The van der Waals surface area contributed by atoms with Crippen molar-refractivity contribution in [1.29, 1.82) is 0 Å². The quantitative estimate of drug-likeness (QED) is 0.501. The highest BCUT2D eigenvalue weighted by molar-refractivity contribution is 7.91. The molecule has 0 unspecified atom stereocenters. The Morgan fingerprint density at radius 2 is 1.81 bits per heavy atom. The molecule has 0 aliphatic carbocycles. The fraction of sp³-hybridized carbons (Fsp3) is 0.150. The predicted octanol–water partition coefficient (Wildman–Crippen LogP) is 3.15. The molecule has 0 fully saturated rings. The minimum atomic E-state index is -3.82. The fourth-order valence-electron chi connectivity index (χ4n) is 3.13. The van der Waals surface area contributed by atoms with E-state index in [1.165, 1.54) is 0 Å². The number of hydrogen-bond acceptors (Lipinski definition) is 5. The van der Waals surface area contributed by atoms with Gasteiger partial charge in [0.25, 0.3) is 0 Å². The highest BCUT2D eigenvalue weighted by atomic mass is 32.2. The number of rotatable bonds is 6. The third-order valence-electron chi connectivity index (χ3n) is 4.43. The lowest BCUT2D eigenvalue weighted by molar-refractivity contribution is 0.321. The Morgan fingerprint density at radius 3 is 2.67 bits per heavy atom. The molecule has 1 aromatic heterocycles. The highest BCUT2D eigenvalue weighted by Crippen LogP contribution is 2.35. The van der Waals surface area contributed by atoms with Crippen LogP contribution in [0.3, 0.4) is 0 Å². The van der Waals surface area contributed by atoms with Crippen molar-refractivity contribution >= 4 is 31.5 Å². The van der Waals surface area contributed by atoms with Crippen LogP contribution in [-0.4, -0.2) is 38.8 Å². The number of likely N-dealkylation sites (N-methyl/N-ethyl adjacent to an activating group) is 1. The van der Waals surface area contributed by atoms with E-state index < -0.39 is 9.84 Å². The summed E-state index contributed by atoms with van der Waals surface area (Å²) in [7, 11) is -1.98. The Balaban J connectivity index is 1.90. The summed E-state index contributed by atoms with van der Waals surface area (Å²) in [5.74, 6) is 0.496. The van der Waals surface area contributed by atoms with E-state index in [-0.39, 0.29) is 9.92 Å². The largest absolute Gasteiger partial charge is 0.491 e. The first kappa shape index (κ1) is 17.5. The van der Waals surface area contributed by atoms with Crippen molar-refractivity contribution in [2.75, 3.05) is 20.2 Å². The van der Waals surface area contributed by atoms with Gasteiger partial charge in [0.2, 0.25) is 9.84 Å². The number of aromatic nitrogens is 2. The Hall–Kier alpha value is -2.90. The number of sulfone groups is 1. The maximum Gasteiger partial charge on any atom is 0.224 e. The minimum Gasteiger partial charge on any atom is -0.491 e. The second kappa shape index (κ2) is 7.02. The first-order chi connectivity index (χ1) is 13.1. The van der Waals surface area contributed by atoms with Crippen LogP contribution >= 0.6 is 0 Å². The summed E-state index contributed by atoms with van der Waals surface area (Å²) in [6, 6.07) is 18.0. The molecule has 0 radical (unpaired) electrons. The van der Waals surface area contributed by atoms with Crippen LogP contribution in [0.5, 0.6) is 5.75 Å². The number of nitrogens with one attached hydrogen (secondary N) is 2. The van der Waals surface area contributed by atoms with Gasteiger partial charge in [-0.05, 0) is 30.6 Å². The summed E-state index contributed by atoms with van der Waals surface area (Å²) < 4.78 is 32.7. The molecule has 0 atom stereocenters. The molecule has 6 nitrogen and oxygen atoms in total. The van der Waals surface area contributed by atoms with E-state index in [0.29, 0.717) is 35.2 Å². The van der Waals surface area contributed by atoms with Crippen molar-refractivity contribution in [3.63, 3.8) is 0 Å². The average Bonchev–Trinajstić information content (AvgIpc) is 3.13. The topological polar surface area (TPSA) is 84.1 Å². The van der Waals surface area contributed by atoms with Crippen LogP contribution in [-0.2, 0) is 9.84 Å². The molecule has 27 heavy (non-hydrogen) atoms. The van der Waals surface area contributed by atoms with Gasteiger partial charge in [0.1, 0.15) is 12.4 Å². The van der Waals surface area contributed by atoms with Crippen molar-refractivity contribution in [2.45, 2.75) is 9.92 Å². The molecule has 0 bridgehead atoms. The van der Waals surface area contributed by atoms with Crippen molar-refractivity contribution in [3.8, 4) is 5.75 Å². The van der Waals surface area contributed by atoms with E-state index in [9.17, 15) is 8.42 Å². The summed E-state index contributed by atoms with van der Waals surface area (Å²) in [5.41, 5.74) is 0.552. The lowest BCUT2D eigenvalue weighted by atomic mass is 10.1. The van der Waals surface area contributed by atoms with Gasteiger partial charge in [0.15, 0.2) is 5.03 Å². The zero-order valence-electron chi connectivity index (χ0n) is 14.8. The Bertz CT molecular complexity index is 1210. The van der Waals surface area contributed by atoms with E-state index in [0.717, 1.165) is 5.39 Å². The van der Waals surface area contributed by atoms with Crippen LogP contribution in [0, 0.1) is 0 Å². The molecule has 0 spiro atoms. The zero-order valence-corrected chi connectivity index (χ0v) is 15.6. The van der Waals surface area contributed by atoms with Gasteiger partial charge in [-0.1, -0.05) is 42.5 Å². The lowest BCUT2D eigenvalue weighted by Gasteiger charge is -2.10. The van der Waals surface area contributed by atoms with Crippen LogP contribution in [0.25, 0.3) is 21.7 Å². The molecule has 0 saturated heterocycles. The van der Waals surface area contributed by atoms with Crippen LogP contribution in [0.1, 0.15) is 0 Å². The molecular weight excluding hydrogens is 362 g/mol. The van der Waals surface area contributed by atoms with Gasteiger partial charge in [0.05, 0.1) is 15.8 Å². The first-order valence-corrected chi connectivity index (χ1v) is 10.1. The number of nitrogens with zero attached hydrogens (tertiary/aromatic N) is 1. The van der Waals surface area contributed by atoms with Gasteiger partial charge in [-0.2, -0.15) is 5.10 Å². The SMILES string of the molecule is CNCCOc1cccc2n[nH]c(S(=O)(=O)c3cccc4ccccc34)c12. The van der Waals surface area contributed by atoms with Crippen molar-refractivity contribution < 1.29 is 13.2 Å². The molecule has 0 aliphatic heterocycles. The molecule has 0 aliphatic rings. The molecule has 138 valence electrons. The summed E-state index contributed by atoms with van der Waals surface area (Å²) in [6.45, 7) is 1.08. The average molecular weight is 381 g/mol. The van der Waals surface area contributed by atoms with Gasteiger partial charge in [-0.25, -0.2) is 8.42 Å². The number of H-pyrrole nitrogens is 1. The van der Waals surface area contributed by atoms with Gasteiger partial charge in [-0.15, -0.1) is 0 Å². The van der Waals surface area contributed by atoms with Crippen LogP contribution < -0.4 is 10.1 Å². The number of aromatic amines is 1. The molecule has 3 aromatic carbocycles. The van der Waals surface area contributed by atoms with Gasteiger partial charge >= 0.3 is 0 Å². The van der Waals surface area contributed by atoms with E-state index in [1.54, 1.807) is 30.3 Å². The Morgan fingerprint density at radius 1 is 1.04 bits per heavy atom. The van der Waals surface area contributed by atoms with E-state index >= 15 is 0 Å². The van der Waals surface area contributed by atoms with E-state index in [2.05, 4.69) is 15.5 Å². The standard InChI is InChI=1S/C20H19N3O3S/c1-21-12-13-26-17-10-5-9-16-19(17)20(23-22-16)27(24,25)18-11-4-7-14-6-2-3-8-15(14)18/h2-11,21H,12-13H2,1H3,(H,22,23). The molecule has 0 amide bonds.